The molecule has 0 N–H and O–H groups in total. The Kier molecular flexibility index (Phi) is 58.8. The van der Waals surface area contributed by atoms with Crippen molar-refractivity contribution in [3.63, 3.8) is 0 Å². The van der Waals surface area contributed by atoms with E-state index in [2.05, 4.69) is 0 Å². The van der Waals surface area contributed by atoms with Gasteiger partial charge in [0.15, 0.2) is 0 Å². The van der Waals surface area contributed by atoms with Crippen molar-refractivity contribution in [3.05, 3.63) is 61.3 Å². The molecule has 0 spiro atoms. The Labute approximate surface area is 116 Å². The zero-order chi connectivity index (χ0) is 14.3. The Morgan fingerprint density at radius 3 is 0.389 bits per heavy atom. The average molecular weight is 360 g/mol. The Balaban J connectivity index is -0.0000000257. The van der Waals surface area contributed by atoms with E-state index >= 15 is 0 Å². The monoisotopic (exact) mass is 360 g/mol. The molecule has 108 valence electrons. The van der Waals surface area contributed by atoms with Gasteiger partial charge in [-0.3, -0.25) is 0 Å². The van der Waals surface area contributed by atoms with Crippen LogP contribution >= 0.6 is 0 Å². The first-order valence-electron chi connectivity index (χ1n) is 2.19. The molecule has 0 unspecified atom stereocenters. The summed E-state index contributed by atoms with van der Waals surface area (Å²) in [7, 11) is 0. The van der Waals surface area contributed by atoms with Gasteiger partial charge in [0, 0.05) is 0 Å². The third kappa shape index (κ3) is 488. The van der Waals surface area contributed by atoms with E-state index in [0.29, 0.717) is 0 Å². The van der Waals surface area contributed by atoms with Gasteiger partial charge in [0.25, 0.3) is 0 Å². The third-order valence-corrected chi connectivity index (χ3v) is 0. The number of hydrogen-bond donors (Lipinski definition) is 0. The van der Waals surface area contributed by atoms with E-state index in [4.69, 9.17) is 61.3 Å². The van der Waals surface area contributed by atoms with Gasteiger partial charge < -0.3 is 61.3 Å². The Bertz CT molecular complexity index is 162. The zero-order valence-electron chi connectivity index (χ0n) is 7.39. The number of nitrogens with zero attached hydrogens (tertiary/aromatic N) is 4. The molecule has 0 saturated heterocycles. The molecule has 0 atom stereocenters. The summed E-state index contributed by atoms with van der Waals surface area (Å²) in [5, 5.41) is 59.0. The van der Waals surface area contributed by atoms with Crippen molar-refractivity contribution in [1.82, 2.24) is 0 Å². The van der Waals surface area contributed by atoms with Gasteiger partial charge in [-0.1, -0.05) is 0 Å². The Morgan fingerprint density at radius 2 is 0.389 bits per heavy atom. The molecule has 0 bridgehead atoms. The number of rotatable bonds is 0. The largest absolute Gasteiger partial charge is 2.00 e. The van der Waals surface area contributed by atoms with Gasteiger partial charge in [-0.2, -0.15) is 0 Å². The maximum Gasteiger partial charge on any atom is 2.00 e. The van der Waals surface area contributed by atoms with Crippen molar-refractivity contribution in [2.24, 2.45) is 0 Å². The quantitative estimate of drug-likeness (QED) is 0.287. The van der Waals surface area contributed by atoms with Crippen molar-refractivity contribution < 1.29 is 54.5 Å². The first-order chi connectivity index (χ1) is 6.93. The molecule has 0 aromatic heterocycles. The van der Waals surface area contributed by atoms with Crippen LogP contribution in [0.25, 0.3) is 0 Å². The van der Waals surface area contributed by atoms with E-state index < -0.39 is 20.3 Å². The fourth-order valence-electron chi connectivity index (χ4n) is 0. The molecule has 16 nitrogen and oxygen atoms in total. The van der Waals surface area contributed by atoms with Crippen LogP contribution in [0.4, 0.5) is 0 Å². The molecule has 0 radical (unpaired) electrons. The molecule has 0 amide bonds. The molecule has 18 heavy (non-hydrogen) atoms. The fourth-order valence-corrected chi connectivity index (χ4v) is 0. The van der Waals surface area contributed by atoms with Crippen LogP contribution in [0, 0.1) is 61.3 Å². The van der Waals surface area contributed by atoms with E-state index in [-0.39, 0.29) is 34.1 Å². The van der Waals surface area contributed by atoms with E-state index in [1.807, 2.05) is 0 Å². The van der Waals surface area contributed by atoms with Crippen LogP contribution in [-0.4, -0.2) is 20.3 Å². The normalized spacial score (nSPS) is 5.33. The van der Waals surface area contributed by atoms with Gasteiger partial charge in [0.2, 0.25) is 0 Å². The summed E-state index contributed by atoms with van der Waals surface area (Å²) in [6.45, 7) is 0. The number of hydrogen-bond acceptors (Lipinski definition) is 12. The molecule has 0 aliphatic rings. The van der Waals surface area contributed by atoms with Gasteiger partial charge >= 0.3 is 34.1 Å². The molecule has 0 aliphatic heterocycles. The van der Waals surface area contributed by atoms with Gasteiger partial charge in [-0.25, -0.2) is 0 Å². The molecular formula is Fe2N4O12. The topological polar surface area (TPSA) is 265 Å². The van der Waals surface area contributed by atoms with Crippen molar-refractivity contribution in [2.75, 3.05) is 0 Å². The van der Waals surface area contributed by atoms with Crippen molar-refractivity contribution in [3.8, 4) is 0 Å². The summed E-state index contributed by atoms with van der Waals surface area (Å²) in [6, 6.07) is 0. The summed E-state index contributed by atoms with van der Waals surface area (Å²) < 4.78 is 0. The second-order valence-electron chi connectivity index (χ2n) is 0.894. The van der Waals surface area contributed by atoms with E-state index in [9.17, 15) is 0 Å². The van der Waals surface area contributed by atoms with Gasteiger partial charge in [-0.05, 0) is 0 Å². The molecular weight excluding hydrogens is 360 g/mol. The van der Waals surface area contributed by atoms with Gasteiger partial charge in [0.1, 0.15) is 0 Å². The first-order valence-corrected chi connectivity index (χ1v) is 2.19. The van der Waals surface area contributed by atoms with Gasteiger partial charge in [-0.15, -0.1) is 0 Å². The summed E-state index contributed by atoms with van der Waals surface area (Å²) in [5.74, 6) is 0. The average Bonchev–Trinajstić information content (AvgIpc) is 1.76. The summed E-state index contributed by atoms with van der Waals surface area (Å²) in [6.07, 6.45) is 0. The second-order valence-corrected chi connectivity index (χ2v) is 0.894. The molecule has 0 saturated carbocycles. The van der Waals surface area contributed by atoms with E-state index in [1.54, 1.807) is 0 Å². The molecule has 0 heterocycles. The standard InChI is InChI=1S/2Fe.4NO3/c;;4*2-1(3)4/q2*+2;4*-1. The summed E-state index contributed by atoms with van der Waals surface area (Å²) >= 11 is 0. The minimum Gasteiger partial charge on any atom is -0.356 e. The minimum absolute atomic E-state index is 0. The van der Waals surface area contributed by atoms with Crippen molar-refractivity contribution in [2.45, 2.75) is 0 Å². The molecule has 0 aromatic rings. The SMILES string of the molecule is O=[N+]([O-])[O-].O=[N+]([O-])[O-].O=[N+]([O-])[O-].O=[N+]([O-])[O-].[Fe+2].[Fe+2]. The van der Waals surface area contributed by atoms with Crippen molar-refractivity contribution >= 4 is 0 Å². The van der Waals surface area contributed by atoms with Gasteiger partial charge in [0.05, 0.1) is 20.3 Å². The van der Waals surface area contributed by atoms with Crippen LogP contribution in [0.5, 0.6) is 0 Å². The van der Waals surface area contributed by atoms with Crippen LogP contribution in [0.15, 0.2) is 0 Å². The van der Waals surface area contributed by atoms with E-state index in [1.165, 1.54) is 0 Å². The minimum atomic E-state index is -1.75. The predicted molar refractivity (Wildman–Crippen MR) is 41.4 cm³/mol. The van der Waals surface area contributed by atoms with E-state index in [0.717, 1.165) is 0 Å². The van der Waals surface area contributed by atoms with Crippen LogP contribution in [0.3, 0.4) is 0 Å². The smallest absolute Gasteiger partial charge is 0.356 e. The summed E-state index contributed by atoms with van der Waals surface area (Å²) in [5.41, 5.74) is 0. The third-order valence-electron chi connectivity index (χ3n) is 0. The molecule has 0 fully saturated rings. The molecule has 0 aromatic carbocycles. The fraction of sp³-hybridized carbons (Fsp3) is 0. The molecule has 18 heteroatoms. The molecule has 0 aliphatic carbocycles. The zero-order valence-corrected chi connectivity index (χ0v) is 9.60. The predicted octanol–water partition coefficient (Wildman–Crippen LogP) is -0.961. The van der Waals surface area contributed by atoms with Crippen LogP contribution in [0.2, 0.25) is 0 Å². The Morgan fingerprint density at radius 1 is 0.389 bits per heavy atom. The first kappa shape index (κ1) is 36.0. The van der Waals surface area contributed by atoms with Crippen LogP contribution < -0.4 is 0 Å². The second kappa shape index (κ2) is 29.4. The molecule has 0 rings (SSSR count). The van der Waals surface area contributed by atoms with Crippen molar-refractivity contribution in [1.29, 1.82) is 0 Å². The summed E-state index contributed by atoms with van der Waals surface area (Å²) in [4.78, 5) is 33.0. The Hall–Kier alpha value is -2.16. The maximum absolute atomic E-state index is 8.25. The van der Waals surface area contributed by atoms with Crippen LogP contribution in [0.1, 0.15) is 0 Å². The maximum atomic E-state index is 8.25. The van der Waals surface area contributed by atoms with Crippen LogP contribution in [-0.2, 0) is 34.1 Å².